The molecule has 164 valence electrons. The normalized spacial score (nSPS) is 19.9. The van der Waals surface area contributed by atoms with Crippen LogP contribution >= 0.6 is 0 Å². The van der Waals surface area contributed by atoms with E-state index in [1.807, 2.05) is 24.3 Å². The van der Waals surface area contributed by atoms with Crippen molar-refractivity contribution in [2.24, 2.45) is 11.8 Å². The van der Waals surface area contributed by atoms with Gasteiger partial charge in [-0.15, -0.1) is 0 Å². The predicted octanol–water partition coefficient (Wildman–Crippen LogP) is 5.65. The molecule has 5 heteroatoms. The highest BCUT2D eigenvalue weighted by molar-refractivity contribution is 6.13. The first-order valence-corrected chi connectivity index (χ1v) is 11.0. The zero-order valence-electron chi connectivity index (χ0n) is 17.9. The lowest BCUT2D eigenvalue weighted by atomic mass is 9.76. The highest BCUT2D eigenvalue weighted by Gasteiger charge is 2.41. The molecule has 3 aromatic carbocycles. The molecule has 1 N–H and O–H groups in total. The zero-order chi connectivity index (χ0) is 22.9. The third kappa shape index (κ3) is 3.98. The number of benzene rings is 3. The van der Waals surface area contributed by atoms with Crippen LogP contribution in [0.3, 0.4) is 0 Å². The van der Waals surface area contributed by atoms with E-state index in [1.54, 1.807) is 48.5 Å². The average Bonchev–Trinajstić information content (AvgIpc) is 2.84. The van der Waals surface area contributed by atoms with Gasteiger partial charge in [0.2, 0.25) is 0 Å². The number of Topliss-reactive ketones (excluding diaryl/α,β-unsaturated/α-hetero) is 1. The highest BCUT2D eigenvalue weighted by atomic mass is 16.5. The standard InChI is InChI=1S/C28H22O5/c29-26-23-6-1-2-7-24(23)33-28(32)25(26)22-5-3-4-21(16-22)19-10-8-17(9-11-19)18-12-14-20(15-13-18)27(30)31/h1-2,6-16,22,25H,3-5H2,(H,30,31). The lowest BCUT2D eigenvalue weighted by molar-refractivity contribution is -0.139. The molecule has 0 bridgehead atoms. The lowest BCUT2D eigenvalue weighted by Crippen LogP contribution is -2.38. The van der Waals surface area contributed by atoms with Gasteiger partial charge in [0.15, 0.2) is 5.78 Å². The van der Waals surface area contributed by atoms with Crippen molar-refractivity contribution in [3.05, 3.63) is 95.6 Å². The summed E-state index contributed by atoms with van der Waals surface area (Å²) in [7, 11) is 0. The first-order chi connectivity index (χ1) is 16.0. The number of para-hydroxylation sites is 1. The van der Waals surface area contributed by atoms with Crippen LogP contribution in [0.5, 0.6) is 5.75 Å². The van der Waals surface area contributed by atoms with Crippen LogP contribution in [0.2, 0.25) is 0 Å². The number of carbonyl (C=O) groups is 3. The van der Waals surface area contributed by atoms with Crippen molar-refractivity contribution >= 4 is 23.3 Å². The third-order valence-corrected chi connectivity index (χ3v) is 6.45. The molecule has 0 saturated carbocycles. The number of esters is 1. The molecule has 3 aromatic rings. The van der Waals surface area contributed by atoms with Gasteiger partial charge in [-0.05, 0) is 71.7 Å². The van der Waals surface area contributed by atoms with Crippen molar-refractivity contribution < 1.29 is 24.2 Å². The molecule has 2 unspecified atom stereocenters. The second-order valence-corrected chi connectivity index (χ2v) is 8.47. The summed E-state index contributed by atoms with van der Waals surface area (Å²) in [4.78, 5) is 36.8. The topological polar surface area (TPSA) is 80.7 Å². The number of fused-ring (bicyclic) bond motifs is 1. The minimum Gasteiger partial charge on any atom is -0.478 e. The molecule has 0 fully saturated rings. The Hall–Kier alpha value is -3.99. The van der Waals surface area contributed by atoms with Gasteiger partial charge in [0.25, 0.3) is 0 Å². The van der Waals surface area contributed by atoms with E-state index in [4.69, 9.17) is 9.84 Å². The first kappa shape index (κ1) is 20.9. The van der Waals surface area contributed by atoms with Crippen molar-refractivity contribution in [1.29, 1.82) is 0 Å². The first-order valence-electron chi connectivity index (χ1n) is 11.0. The Balaban J connectivity index is 1.39. The zero-order valence-corrected chi connectivity index (χ0v) is 17.9. The van der Waals surface area contributed by atoms with Crippen LogP contribution < -0.4 is 4.74 Å². The van der Waals surface area contributed by atoms with Gasteiger partial charge in [-0.1, -0.05) is 54.6 Å². The Kier molecular flexibility index (Phi) is 5.38. The monoisotopic (exact) mass is 438 g/mol. The highest BCUT2D eigenvalue weighted by Crippen LogP contribution is 2.39. The predicted molar refractivity (Wildman–Crippen MR) is 124 cm³/mol. The number of carboxylic acid groups (broad SMARTS) is 1. The molecule has 5 nitrogen and oxygen atoms in total. The Morgan fingerprint density at radius 3 is 2.18 bits per heavy atom. The minimum atomic E-state index is -0.945. The van der Waals surface area contributed by atoms with Gasteiger partial charge in [0, 0.05) is 0 Å². The molecule has 5 rings (SSSR count). The van der Waals surface area contributed by atoms with Gasteiger partial charge in [-0.25, -0.2) is 4.79 Å². The number of ether oxygens (including phenoxy) is 1. The molecule has 0 amide bonds. The number of hydrogen-bond acceptors (Lipinski definition) is 4. The van der Waals surface area contributed by atoms with E-state index in [1.165, 1.54) is 0 Å². The molecule has 1 aliphatic heterocycles. The van der Waals surface area contributed by atoms with Gasteiger partial charge in [0.05, 0.1) is 11.1 Å². The van der Waals surface area contributed by atoms with Crippen LogP contribution in [0, 0.1) is 11.8 Å². The van der Waals surface area contributed by atoms with Crippen molar-refractivity contribution in [3.8, 4) is 16.9 Å². The number of hydrogen-bond donors (Lipinski definition) is 1. The number of aromatic carboxylic acids is 1. The van der Waals surface area contributed by atoms with E-state index in [0.29, 0.717) is 11.3 Å². The molecule has 33 heavy (non-hydrogen) atoms. The van der Waals surface area contributed by atoms with Gasteiger partial charge < -0.3 is 9.84 Å². The number of rotatable bonds is 4. The molecule has 0 saturated heterocycles. The van der Waals surface area contributed by atoms with Crippen molar-refractivity contribution in [1.82, 2.24) is 0 Å². The second kappa shape index (κ2) is 8.51. The smallest absolute Gasteiger partial charge is 0.335 e. The maximum Gasteiger partial charge on any atom is 0.335 e. The van der Waals surface area contributed by atoms with E-state index < -0.39 is 17.9 Å². The van der Waals surface area contributed by atoms with Crippen LogP contribution in [0.4, 0.5) is 0 Å². The van der Waals surface area contributed by atoms with Gasteiger partial charge in [-0.2, -0.15) is 0 Å². The van der Waals surface area contributed by atoms with E-state index in [0.717, 1.165) is 41.5 Å². The Labute approximate surface area is 191 Å². The van der Waals surface area contributed by atoms with Crippen molar-refractivity contribution in [3.63, 3.8) is 0 Å². The molecule has 0 radical (unpaired) electrons. The maximum absolute atomic E-state index is 13.1. The van der Waals surface area contributed by atoms with Gasteiger partial charge in [0.1, 0.15) is 11.7 Å². The molecule has 0 aromatic heterocycles. The minimum absolute atomic E-state index is 0.162. The van der Waals surface area contributed by atoms with Crippen LogP contribution in [0.1, 0.15) is 45.5 Å². The summed E-state index contributed by atoms with van der Waals surface area (Å²) in [6, 6.07) is 21.8. The fourth-order valence-electron chi connectivity index (χ4n) is 4.71. The summed E-state index contributed by atoms with van der Waals surface area (Å²) in [5, 5.41) is 9.07. The summed E-state index contributed by atoms with van der Waals surface area (Å²) in [6.45, 7) is 0. The van der Waals surface area contributed by atoms with Crippen LogP contribution in [0.25, 0.3) is 16.7 Å². The number of carboxylic acids is 1. The number of allylic oxidation sites excluding steroid dienone is 2. The summed E-state index contributed by atoms with van der Waals surface area (Å²) < 4.78 is 5.47. The Morgan fingerprint density at radius 2 is 1.48 bits per heavy atom. The van der Waals surface area contributed by atoms with Crippen LogP contribution in [0.15, 0.2) is 78.9 Å². The maximum atomic E-state index is 13.1. The van der Waals surface area contributed by atoms with E-state index in [9.17, 15) is 14.4 Å². The summed E-state index contributed by atoms with van der Waals surface area (Å²) in [5.41, 5.74) is 4.84. The van der Waals surface area contributed by atoms with E-state index >= 15 is 0 Å². The molecule has 2 atom stereocenters. The lowest BCUT2D eigenvalue weighted by Gasteiger charge is -2.30. The van der Waals surface area contributed by atoms with E-state index in [2.05, 4.69) is 6.08 Å². The fraction of sp³-hybridized carbons (Fsp3) is 0.179. The molecule has 1 heterocycles. The molecule has 2 aliphatic rings. The van der Waals surface area contributed by atoms with Crippen LogP contribution in [-0.4, -0.2) is 22.8 Å². The van der Waals surface area contributed by atoms with E-state index in [-0.39, 0.29) is 17.3 Å². The quantitative estimate of drug-likeness (QED) is 0.323. The summed E-state index contributed by atoms with van der Waals surface area (Å²) in [6.07, 6.45) is 4.62. The largest absolute Gasteiger partial charge is 0.478 e. The third-order valence-electron chi connectivity index (χ3n) is 6.45. The average molecular weight is 438 g/mol. The van der Waals surface area contributed by atoms with Gasteiger partial charge >= 0.3 is 11.9 Å². The second-order valence-electron chi connectivity index (χ2n) is 8.47. The molecule has 0 spiro atoms. The van der Waals surface area contributed by atoms with Gasteiger partial charge in [-0.3, -0.25) is 9.59 Å². The molecular weight excluding hydrogens is 416 g/mol. The Morgan fingerprint density at radius 1 is 0.848 bits per heavy atom. The molecular formula is C28H22O5. The Bertz CT molecular complexity index is 1270. The summed E-state index contributed by atoms with van der Waals surface area (Å²) in [5.74, 6) is -2.23. The SMILES string of the molecule is O=C(O)c1ccc(-c2ccc(C3=CC(C4C(=O)Oc5ccccc5C4=O)CCC3)cc2)cc1. The van der Waals surface area contributed by atoms with Crippen molar-refractivity contribution in [2.45, 2.75) is 19.3 Å². The van der Waals surface area contributed by atoms with Crippen molar-refractivity contribution in [2.75, 3.05) is 0 Å². The summed E-state index contributed by atoms with van der Waals surface area (Å²) >= 11 is 0. The number of carbonyl (C=O) groups excluding carboxylic acids is 2. The molecule has 1 aliphatic carbocycles. The fourth-order valence-corrected chi connectivity index (χ4v) is 4.71. The van der Waals surface area contributed by atoms with Crippen LogP contribution in [-0.2, 0) is 4.79 Å². The number of ketones is 1.